The van der Waals surface area contributed by atoms with Gasteiger partial charge in [-0.05, 0) is 55.0 Å². The van der Waals surface area contributed by atoms with Crippen LogP contribution in [0.4, 0.5) is 11.4 Å². The average molecular weight is 513 g/mol. The summed E-state index contributed by atoms with van der Waals surface area (Å²) in [5, 5.41) is 23.5. The van der Waals surface area contributed by atoms with Crippen LogP contribution >= 0.6 is 23.4 Å². The zero-order chi connectivity index (χ0) is 25.5. The number of thioether (sulfide) groups is 1. The number of halogens is 1. The lowest BCUT2D eigenvalue weighted by Gasteiger charge is -2.16. The third-order valence-corrected chi connectivity index (χ3v) is 6.59. The molecule has 10 heteroatoms. The number of carbonyl (C=O) groups is 4. The molecule has 0 saturated carbocycles. The van der Waals surface area contributed by atoms with Crippen LogP contribution in [0.15, 0.2) is 71.6 Å². The minimum Gasteiger partial charge on any atom is -0.478 e. The summed E-state index contributed by atoms with van der Waals surface area (Å²) in [7, 11) is 0. The van der Waals surface area contributed by atoms with Crippen molar-refractivity contribution in [3.8, 4) is 0 Å². The molecule has 3 rings (SSSR count). The SMILES string of the molecule is CCC(Sc1cccc(NC(=O)c2ccccc2C(=O)O)c1)C(=O)Nc1ccc(Cl)c(C(=O)O)c1. The number of nitrogens with one attached hydrogen (secondary N) is 2. The molecule has 0 aliphatic carbocycles. The Balaban J connectivity index is 1.71. The molecule has 0 heterocycles. The summed E-state index contributed by atoms with van der Waals surface area (Å²) in [5.41, 5.74) is 0.574. The number of carboxylic acids is 2. The third-order valence-electron chi connectivity index (χ3n) is 4.90. The Morgan fingerprint density at radius 2 is 1.49 bits per heavy atom. The molecule has 2 amide bonds. The van der Waals surface area contributed by atoms with Gasteiger partial charge in [-0.25, -0.2) is 9.59 Å². The highest BCUT2D eigenvalue weighted by Gasteiger charge is 2.20. The average Bonchev–Trinajstić information content (AvgIpc) is 2.83. The van der Waals surface area contributed by atoms with Crippen molar-refractivity contribution in [3.63, 3.8) is 0 Å². The molecule has 3 aromatic rings. The topological polar surface area (TPSA) is 133 Å². The monoisotopic (exact) mass is 512 g/mol. The van der Waals surface area contributed by atoms with Gasteiger partial charge in [-0.1, -0.05) is 36.7 Å². The van der Waals surface area contributed by atoms with E-state index in [1.165, 1.54) is 42.1 Å². The zero-order valence-corrected chi connectivity index (χ0v) is 20.0. The Kier molecular flexibility index (Phi) is 8.51. The Hall–Kier alpha value is -3.82. The van der Waals surface area contributed by atoms with E-state index in [1.807, 2.05) is 6.92 Å². The first kappa shape index (κ1) is 25.8. The standard InChI is InChI=1S/C25H21ClN2O6S/c1-2-21(23(30)28-15-10-11-20(26)19(13-15)25(33)34)35-16-7-5-6-14(12-16)27-22(29)17-8-3-4-9-18(17)24(31)32/h3-13,21H,2H2,1H3,(H,27,29)(H,28,30)(H,31,32)(H,33,34). The molecule has 0 saturated heterocycles. The molecule has 4 N–H and O–H groups in total. The highest BCUT2D eigenvalue weighted by atomic mass is 35.5. The molecule has 0 aliphatic heterocycles. The van der Waals surface area contributed by atoms with Gasteiger partial charge >= 0.3 is 11.9 Å². The van der Waals surface area contributed by atoms with E-state index >= 15 is 0 Å². The Morgan fingerprint density at radius 1 is 0.829 bits per heavy atom. The number of carboxylic acid groups (broad SMARTS) is 2. The second kappa shape index (κ2) is 11.5. The summed E-state index contributed by atoms with van der Waals surface area (Å²) < 4.78 is 0. The van der Waals surface area contributed by atoms with Gasteiger partial charge in [0.1, 0.15) is 0 Å². The minimum atomic E-state index is -1.20. The molecular formula is C25H21ClN2O6S. The van der Waals surface area contributed by atoms with E-state index in [1.54, 1.807) is 36.4 Å². The van der Waals surface area contributed by atoms with E-state index in [0.717, 1.165) is 0 Å². The second-order valence-corrected chi connectivity index (χ2v) is 9.02. The van der Waals surface area contributed by atoms with Crippen molar-refractivity contribution in [2.75, 3.05) is 10.6 Å². The Bertz CT molecular complexity index is 1300. The van der Waals surface area contributed by atoms with Gasteiger partial charge in [0.15, 0.2) is 0 Å². The smallest absolute Gasteiger partial charge is 0.337 e. The number of hydrogen-bond acceptors (Lipinski definition) is 5. The van der Waals surface area contributed by atoms with Crippen molar-refractivity contribution < 1.29 is 29.4 Å². The van der Waals surface area contributed by atoms with Gasteiger partial charge in [-0.15, -0.1) is 11.8 Å². The number of rotatable bonds is 9. The number of amides is 2. The number of benzene rings is 3. The van der Waals surface area contributed by atoms with E-state index in [-0.39, 0.29) is 27.6 Å². The number of carbonyl (C=O) groups excluding carboxylic acids is 2. The lowest BCUT2D eigenvalue weighted by molar-refractivity contribution is -0.115. The molecule has 3 aromatic carbocycles. The van der Waals surface area contributed by atoms with E-state index < -0.39 is 23.1 Å². The number of aromatic carboxylic acids is 2. The molecule has 0 spiro atoms. The summed E-state index contributed by atoms with van der Waals surface area (Å²) in [6, 6.07) is 17.0. The first-order chi connectivity index (χ1) is 16.7. The van der Waals surface area contributed by atoms with Crippen LogP contribution in [0.25, 0.3) is 0 Å². The van der Waals surface area contributed by atoms with E-state index in [2.05, 4.69) is 10.6 Å². The van der Waals surface area contributed by atoms with E-state index in [4.69, 9.17) is 11.6 Å². The predicted octanol–water partition coefficient (Wildman–Crippen LogP) is 5.50. The summed E-state index contributed by atoms with van der Waals surface area (Å²) in [6.07, 6.45) is 0.485. The van der Waals surface area contributed by atoms with Crippen molar-refractivity contribution in [1.82, 2.24) is 0 Å². The Labute approximate surface area is 210 Å². The van der Waals surface area contributed by atoms with Gasteiger partial charge in [-0.2, -0.15) is 0 Å². The normalized spacial score (nSPS) is 11.4. The van der Waals surface area contributed by atoms with Crippen LogP contribution in [-0.2, 0) is 4.79 Å². The number of anilines is 2. The highest BCUT2D eigenvalue weighted by molar-refractivity contribution is 8.00. The highest BCUT2D eigenvalue weighted by Crippen LogP contribution is 2.29. The molecule has 180 valence electrons. The van der Waals surface area contributed by atoms with Crippen LogP contribution in [0.3, 0.4) is 0 Å². The molecule has 1 unspecified atom stereocenters. The van der Waals surface area contributed by atoms with Gasteiger partial charge in [0.2, 0.25) is 5.91 Å². The summed E-state index contributed by atoms with van der Waals surface area (Å²) in [4.78, 5) is 48.9. The van der Waals surface area contributed by atoms with Gasteiger partial charge < -0.3 is 20.8 Å². The van der Waals surface area contributed by atoms with Crippen molar-refractivity contribution in [2.45, 2.75) is 23.5 Å². The van der Waals surface area contributed by atoms with Crippen LogP contribution < -0.4 is 10.6 Å². The third kappa shape index (κ3) is 6.62. The molecule has 0 bridgehead atoms. The first-order valence-corrected chi connectivity index (χ1v) is 11.7. The summed E-state index contributed by atoms with van der Waals surface area (Å²) >= 11 is 7.16. The minimum absolute atomic E-state index is 0.0348. The van der Waals surface area contributed by atoms with Crippen LogP contribution in [0, 0.1) is 0 Å². The van der Waals surface area contributed by atoms with E-state index in [0.29, 0.717) is 22.7 Å². The molecule has 0 aliphatic rings. The van der Waals surface area contributed by atoms with E-state index in [9.17, 15) is 29.4 Å². The van der Waals surface area contributed by atoms with Crippen molar-refractivity contribution >= 4 is 58.5 Å². The molecular weight excluding hydrogens is 492 g/mol. The largest absolute Gasteiger partial charge is 0.478 e. The second-order valence-electron chi connectivity index (χ2n) is 7.34. The lowest BCUT2D eigenvalue weighted by atomic mass is 10.1. The van der Waals surface area contributed by atoms with Gasteiger partial charge in [0, 0.05) is 16.3 Å². The van der Waals surface area contributed by atoms with Crippen LogP contribution in [-0.4, -0.2) is 39.2 Å². The maximum absolute atomic E-state index is 12.8. The molecule has 0 radical (unpaired) electrons. The molecule has 8 nitrogen and oxygen atoms in total. The van der Waals surface area contributed by atoms with Gasteiger partial charge in [0.05, 0.1) is 27.0 Å². The maximum Gasteiger partial charge on any atom is 0.337 e. The maximum atomic E-state index is 12.8. The molecule has 1 atom stereocenters. The van der Waals surface area contributed by atoms with Crippen molar-refractivity contribution in [1.29, 1.82) is 0 Å². The summed E-state index contributed by atoms with van der Waals surface area (Å²) in [5.74, 6) is -3.28. The quantitative estimate of drug-likeness (QED) is 0.278. The van der Waals surface area contributed by atoms with Crippen LogP contribution in [0.5, 0.6) is 0 Å². The fraction of sp³-hybridized carbons (Fsp3) is 0.120. The molecule has 0 aromatic heterocycles. The number of hydrogen-bond donors (Lipinski definition) is 4. The zero-order valence-electron chi connectivity index (χ0n) is 18.4. The molecule has 0 fully saturated rings. The van der Waals surface area contributed by atoms with Crippen LogP contribution in [0.2, 0.25) is 5.02 Å². The van der Waals surface area contributed by atoms with Crippen LogP contribution in [0.1, 0.15) is 44.4 Å². The predicted molar refractivity (Wildman–Crippen MR) is 135 cm³/mol. The van der Waals surface area contributed by atoms with Crippen molar-refractivity contribution in [2.24, 2.45) is 0 Å². The van der Waals surface area contributed by atoms with Crippen molar-refractivity contribution in [3.05, 3.63) is 88.4 Å². The van der Waals surface area contributed by atoms with Gasteiger partial charge in [0.25, 0.3) is 5.91 Å². The fourth-order valence-corrected chi connectivity index (χ4v) is 4.40. The van der Waals surface area contributed by atoms with Gasteiger partial charge in [-0.3, -0.25) is 9.59 Å². The fourth-order valence-electron chi connectivity index (χ4n) is 3.19. The lowest BCUT2D eigenvalue weighted by Crippen LogP contribution is -2.24. The summed E-state index contributed by atoms with van der Waals surface area (Å²) in [6.45, 7) is 1.84. The first-order valence-electron chi connectivity index (χ1n) is 10.4. The molecule has 35 heavy (non-hydrogen) atoms. The Morgan fingerprint density at radius 3 is 2.14 bits per heavy atom.